The summed E-state index contributed by atoms with van der Waals surface area (Å²) in [5.41, 5.74) is 5.31. The molecule has 0 aliphatic carbocycles. The lowest BCUT2D eigenvalue weighted by Crippen LogP contribution is -2.35. The standard InChI is InChI=1S/C8H19N3O3S/c1-7(6-9)8(12)10-4-3-5-11-15(2,13)14/h7,11H,3-6,9H2,1-2H3,(H,10,12). The second-order valence-electron chi connectivity index (χ2n) is 3.45. The summed E-state index contributed by atoms with van der Waals surface area (Å²) < 4.78 is 23.7. The Bertz CT molecular complexity index is 290. The lowest BCUT2D eigenvalue weighted by Gasteiger charge is -2.09. The first-order valence-corrected chi connectivity index (χ1v) is 6.68. The molecule has 0 aliphatic rings. The van der Waals surface area contributed by atoms with Gasteiger partial charge in [-0.25, -0.2) is 13.1 Å². The second-order valence-corrected chi connectivity index (χ2v) is 5.28. The molecule has 0 rings (SSSR count). The highest BCUT2D eigenvalue weighted by molar-refractivity contribution is 7.88. The van der Waals surface area contributed by atoms with Crippen LogP contribution in [0.4, 0.5) is 0 Å². The molecule has 1 atom stereocenters. The predicted molar refractivity (Wildman–Crippen MR) is 58.7 cm³/mol. The van der Waals surface area contributed by atoms with E-state index in [2.05, 4.69) is 10.0 Å². The fourth-order valence-corrected chi connectivity index (χ4v) is 1.35. The molecule has 4 N–H and O–H groups in total. The van der Waals surface area contributed by atoms with E-state index in [1.54, 1.807) is 6.92 Å². The second kappa shape index (κ2) is 6.76. The summed E-state index contributed by atoms with van der Waals surface area (Å²) in [5.74, 6) is -0.301. The first-order valence-electron chi connectivity index (χ1n) is 4.79. The highest BCUT2D eigenvalue weighted by Gasteiger charge is 2.09. The van der Waals surface area contributed by atoms with Crippen molar-refractivity contribution in [3.05, 3.63) is 0 Å². The first kappa shape index (κ1) is 14.3. The third kappa shape index (κ3) is 8.34. The predicted octanol–water partition coefficient (Wildman–Crippen LogP) is -1.36. The van der Waals surface area contributed by atoms with Crippen molar-refractivity contribution in [2.75, 3.05) is 25.9 Å². The molecule has 90 valence electrons. The van der Waals surface area contributed by atoms with Crippen LogP contribution in [-0.4, -0.2) is 40.2 Å². The molecule has 0 aromatic rings. The molecule has 0 aromatic carbocycles. The normalized spacial score (nSPS) is 13.5. The van der Waals surface area contributed by atoms with Crippen LogP contribution < -0.4 is 15.8 Å². The van der Waals surface area contributed by atoms with Gasteiger partial charge in [0.05, 0.1) is 6.26 Å². The van der Waals surface area contributed by atoms with Crippen molar-refractivity contribution in [2.45, 2.75) is 13.3 Å². The maximum atomic E-state index is 11.2. The minimum atomic E-state index is -3.13. The molecule has 0 radical (unpaired) electrons. The van der Waals surface area contributed by atoms with Gasteiger partial charge in [-0.2, -0.15) is 0 Å². The number of rotatable bonds is 7. The summed E-state index contributed by atoms with van der Waals surface area (Å²) in [6.07, 6.45) is 1.66. The Morgan fingerprint density at radius 3 is 2.47 bits per heavy atom. The van der Waals surface area contributed by atoms with E-state index in [0.717, 1.165) is 6.26 Å². The Labute approximate surface area is 90.7 Å². The van der Waals surface area contributed by atoms with E-state index in [9.17, 15) is 13.2 Å². The van der Waals surface area contributed by atoms with Crippen LogP contribution in [0.3, 0.4) is 0 Å². The van der Waals surface area contributed by atoms with Gasteiger partial charge in [-0.15, -0.1) is 0 Å². The highest BCUT2D eigenvalue weighted by atomic mass is 32.2. The molecular formula is C8H19N3O3S. The van der Waals surface area contributed by atoms with Gasteiger partial charge < -0.3 is 11.1 Å². The van der Waals surface area contributed by atoms with Gasteiger partial charge in [0.25, 0.3) is 0 Å². The molecule has 7 heteroatoms. The highest BCUT2D eigenvalue weighted by Crippen LogP contribution is 1.90. The van der Waals surface area contributed by atoms with Gasteiger partial charge in [0, 0.05) is 25.6 Å². The zero-order valence-corrected chi connectivity index (χ0v) is 9.93. The molecule has 15 heavy (non-hydrogen) atoms. The summed E-state index contributed by atoms with van der Waals surface area (Å²) in [4.78, 5) is 11.2. The Kier molecular flexibility index (Phi) is 6.46. The summed E-state index contributed by atoms with van der Waals surface area (Å²) in [6.45, 7) is 2.83. The average molecular weight is 237 g/mol. The summed E-state index contributed by atoms with van der Waals surface area (Å²) in [5, 5.41) is 2.67. The molecule has 0 spiro atoms. The lowest BCUT2D eigenvalue weighted by atomic mass is 10.2. The maximum Gasteiger partial charge on any atom is 0.224 e. The number of amides is 1. The van der Waals surface area contributed by atoms with E-state index in [4.69, 9.17) is 5.73 Å². The Morgan fingerprint density at radius 2 is 2.00 bits per heavy atom. The lowest BCUT2D eigenvalue weighted by molar-refractivity contribution is -0.124. The van der Waals surface area contributed by atoms with Gasteiger partial charge in [0.1, 0.15) is 0 Å². The van der Waals surface area contributed by atoms with Crippen LogP contribution in [0, 0.1) is 5.92 Å². The third-order valence-corrected chi connectivity index (χ3v) is 2.55. The minimum Gasteiger partial charge on any atom is -0.356 e. The third-order valence-electron chi connectivity index (χ3n) is 1.82. The number of carbonyl (C=O) groups is 1. The molecular weight excluding hydrogens is 218 g/mol. The Morgan fingerprint density at radius 1 is 1.40 bits per heavy atom. The SMILES string of the molecule is CC(CN)C(=O)NCCCNS(C)(=O)=O. The van der Waals surface area contributed by atoms with E-state index in [1.807, 2.05) is 0 Å². The maximum absolute atomic E-state index is 11.2. The van der Waals surface area contributed by atoms with Gasteiger partial charge in [0.2, 0.25) is 15.9 Å². The van der Waals surface area contributed by atoms with E-state index < -0.39 is 10.0 Å². The number of carbonyl (C=O) groups excluding carboxylic acids is 1. The quantitative estimate of drug-likeness (QED) is 0.476. The van der Waals surface area contributed by atoms with Gasteiger partial charge >= 0.3 is 0 Å². The smallest absolute Gasteiger partial charge is 0.224 e. The topological polar surface area (TPSA) is 101 Å². The molecule has 0 heterocycles. The number of sulfonamides is 1. The Balaban J connectivity index is 3.51. The number of hydrogen-bond donors (Lipinski definition) is 3. The van der Waals surface area contributed by atoms with Crippen LogP contribution in [0.25, 0.3) is 0 Å². The molecule has 1 amide bonds. The molecule has 0 saturated carbocycles. The van der Waals surface area contributed by atoms with Gasteiger partial charge in [0.15, 0.2) is 0 Å². The minimum absolute atomic E-state index is 0.100. The van der Waals surface area contributed by atoms with Gasteiger partial charge in [-0.3, -0.25) is 4.79 Å². The van der Waals surface area contributed by atoms with Gasteiger partial charge in [-0.1, -0.05) is 6.92 Å². The molecule has 6 nitrogen and oxygen atoms in total. The molecule has 0 aliphatic heterocycles. The van der Waals surface area contributed by atoms with Crippen LogP contribution in [0.2, 0.25) is 0 Å². The van der Waals surface area contributed by atoms with E-state index in [1.165, 1.54) is 0 Å². The molecule has 1 unspecified atom stereocenters. The fraction of sp³-hybridized carbons (Fsp3) is 0.875. The summed E-state index contributed by atoms with van der Waals surface area (Å²) in [6, 6.07) is 0. The number of nitrogens with two attached hydrogens (primary N) is 1. The van der Waals surface area contributed by atoms with Crippen molar-refractivity contribution < 1.29 is 13.2 Å². The van der Waals surface area contributed by atoms with Crippen molar-refractivity contribution >= 4 is 15.9 Å². The average Bonchev–Trinajstić information content (AvgIpc) is 2.14. The molecule has 0 aromatic heterocycles. The van der Waals surface area contributed by atoms with E-state index in [-0.39, 0.29) is 11.8 Å². The van der Waals surface area contributed by atoms with Crippen molar-refractivity contribution in [1.82, 2.24) is 10.0 Å². The number of hydrogen-bond acceptors (Lipinski definition) is 4. The largest absolute Gasteiger partial charge is 0.356 e. The summed E-state index contributed by atoms with van der Waals surface area (Å²) in [7, 11) is -3.13. The van der Waals surface area contributed by atoms with Crippen molar-refractivity contribution in [1.29, 1.82) is 0 Å². The first-order chi connectivity index (χ1) is 6.87. The zero-order chi connectivity index (χ0) is 11.9. The molecule has 0 saturated heterocycles. The van der Waals surface area contributed by atoms with Crippen molar-refractivity contribution in [2.24, 2.45) is 11.7 Å². The van der Waals surface area contributed by atoms with Gasteiger partial charge in [-0.05, 0) is 6.42 Å². The van der Waals surface area contributed by atoms with Crippen LogP contribution in [0.1, 0.15) is 13.3 Å². The number of nitrogens with one attached hydrogen (secondary N) is 2. The van der Waals surface area contributed by atoms with E-state index >= 15 is 0 Å². The fourth-order valence-electron chi connectivity index (χ4n) is 0.839. The summed E-state index contributed by atoms with van der Waals surface area (Å²) >= 11 is 0. The Hall–Kier alpha value is -0.660. The van der Waals surface area contributed by atoms with Crippen LogP contribution in [0.5, 0.6) is 0 Å². The van der Waals surface area contributed by atoms with E-state index in [0.29, 0.717) is 26.1 Å². The molecule has 0 bridgehead atoms. The van der Waals surface area contributed by atoms with Crippen molar-refractivity contribution in [3.63, 3.8) is 0 Å². The van der Waals surface area contributed by atoms with Crippen molar-refractivity contribution in [3.8, 4) is 0 Å². The van der Waals surface area contributed by atoms with Crippen LogP contribution >= 0.6 is 0 Å². The molecule has 0 fully saturated rings. The van der Waals surface area contributed by atoms with Crippen LogP contribution in [-0.2, 0) is 14.8 Å². The zero-order valence-electron chi connectivity index (χ0n) is 9.12. The monoisotopic (exact) mass is 237 g/mol. The van der Waals surface area contributed by atoms with Crippen LogP contribution in [0.15, 0.2) is 0 Å².